The van der Waals surface area contributed by atoms with Gasteiger partial charge in [0.15, 0.2) is 16.1 Å². The minimum Gasteiger partial charge on any atom is -0.305 e. The molecule has 3 rings (SSSR count). The molecule has 3 aromatic rings. The number of carbonyl (C=O) groups excluding carboxylic acids is 1. The second-order valence-corrected chi connectivity index (χ2v) is 7.46. The van der Waals surface area contributed by atoms with Gasteiger partial charge in [-0.15, -0.1) is 21.5 Å². The van der Waals surface area contributed by atoms with Crippen molar-refractivity contribution in [3.8, 4) is 11.4 Å². The van der Waals surface area contributed by atoms with E-state index in [2.05, 4.69) is 20.5 Å². The zero-order valence-electron chi connectivity index (χ0n) is 13.8. The standard InChI is InChI=1S/C15H14N6O3S2/c1-9(13(22)17-14-16-7-8-25-14)26-15-19-18-12(20(15)2)10-3-5-11(6-4-10)21(23)24/h3-9H,1-2H3,(H,16,17,22). The van der Waals surface area contributed by atoms with Crippen LogP contribution in [-0.2, 0) is 11.8 Å². The Morgan fingerprint density at radius 1 is 1.35 bits per heavy atom. The minimum atomic E-state index is -0.454. The van der Waals surface area contributed by atoms with Crippen molar-refractivity contribution >= 4 is 39.8 Å². The molecule has 26 heavy (non-hydrogen) atoms. The molecule has 0 aliphatic heterocycles. The average Bonchev–Trinajstić information content (AvgIpc) is 3.25. The van der Waals surface area contributed by atoms with Gasteiger partial charge in [-0.05, 0) is 19.1 Å². The zero-order valence-corrected chi connectivity index (χ0v) is 15.5. The lowest BCUT2D eigenvalue weighted by molar-refractivity contribution is -0.384. The average molecular weight is 390 g/mol. The van der Waals surface area contributed by atoms with E-state index in [0.717, 1.165) is 0 Å². The minimum absolute atomic E-state index is 0.0120. The summed E-state index contributed by atoms with van der Waals surface area (Å²) in [7, 11) is 1.78. The van der Waals surface area contributed by atoms with Gasteiger partial charge in [0.25, 0.3) is 5.69 Å². The normalized spacial score (nSPS) is 11.9. The fourth-order valence-electron chi connectivity index (χ4n) is 2.10. The van der Waals surface area contributed by atoms with Gasteiger partial charge in [-0.2, -0.15) is 0 Å². The molecular formula is C15H14N6O3S2. The number of carbonyl (C=O) groups is 1. The summed E-state index contributed by atoms with van der Waals surface area (Å²) >= 11 is 2.62. The summed E-state index contributed by atoms with van der Waals surface area (Å²) in [5, 5.41) is 24.2. The number of rotatable bonds is 6. The molecule has 1 atom stereocenters. The highest BCUT2D eigenvalue weighted by Crippen LogP contribution is 2.27. The van der Waals surface area contributed by atoms with Gasteiger partial charge >= 0.3 is 0 Å². The predicted octanol–water partition coefficient (Wildman–Crippen LogP) is 2.97. The third-order valence-corrected chi connectivity index (χ3v) is 5.31. The number of nitro groups is 1. The van der Waals surface area contributed by atoms with E-state index < -0.39 is 10.2 Å². The number of benzene rings is 1. The highest BCUT2D eigenvalue weighted by molar-refractivity contribution is 8.00. The Bertz CT molecular complexity index is 924. The number of nitrogens with one attached hydrogen (secondary N) is 1. The van der Waals surface area contributed by atoms with Crippen molar-refractivity contribution < 1.29 is 9.72 Å². The first-order valence-corrected chi connectivity index (χ1v) is 9.23. The number of nitro benzene ring substituents is 1. The predicted molar refractivity (Wildman–Crippen MR) is 99.2 cm³/mol. The van der Waals surface area contributed by atoms with Gasteiger partial charge in [-0.25, -0.2) is 4.98 Å². The van der Waals surface area contributed by atoms with Crippen molar-refractivity contribution in [3.05, 3.63) is 46.0 Å². The second-order valence-electron chi connectivity index (χ2n) is 5.26. The lowest BCUT2D eigenvalue weighted by atomic mass is 10.2. The van der Waals surface area contributed by atoms with E-state index in [1.807, 2.05) is 0 Å². The summed E-state index contributed by atoms with van der Waals surface area (Å²) in [5.74, 6) is 0.389. The number of amides is 1. The van der Waals surface area contributed by atoms with Gasteiger partial charge in [0, 0.05) is 36.3 Å². The first-order valence-electron chi connectivity index (χ1n) is 7.47. The first kappa shape index (κ1) is 18.0. The Balaban J connectivity index is 1.72. The fourth-order valence-corrected chi connectivity index (χ4v) is 3.45. The summed E-state index contributed by atoms with van der Waals surface area (Å²) in [5.41, 5.74) is 0.718. The molecule has 0 bridgehead atoms. The molecule has 0 aliphatic rings. The molecular weight excluding hydrogens is 376 g/mol. The number of hydrogen-bond acceptors (Lipinski definition) is 8. The van der Waals surface area contributed by atoms with E-state index in [1.165, 1.54) is 35.2 Å². The zero-order chi connectivity index (χ0) is 18.7. The largest absolute Gasteiger partial charge is 0.305 e. The molecule has 0 saturated carbocycles. The summed E-state index contributed by atoms with van der Waals surface area (Å²) in [6.45, 7) is 1.77. The topological polar surface area (TPSA) is 116 Å². The number of nitrogens with zero attached hydrogens (tertiary/aromatic N) is 5. The van der Waals surface area contributed by atoms with E-state index in [9.17, 15) is 14.9 Å². The van der Waals surface area contributed by atoms with Crippen LogP contribution in [0.25, 0.3) is 11.4 Å². The molecule has 134 valence electrons. The second kappa shape index (κ2) is 7.62. The van der Waals surface area contributed by atoms with Gasteiger partial charge in [-0.1, -0.05) is 11.8 Å². The van der Waals surface area contributed by atoms with Gasteiger partial charge in [0.1, 0.15) is 0 Å². The molecule has 1 unspecified atom stereocenters. The summed E-state index contributed by atoms with van der Waals surface area (Å²) < 4.78 is 1.75. The maximum Gasteiger partial charge on any atom is 0.269 e. The maximum atomic E-state index is 12.2. The summed E-state index contributed by atoms with van der Waals surface area (Å²) in [6, 6.07) is 6.08. The van der Waals surface area contributed by atoms with E-state index in [-0.39, 0.29) is 11.6 Å². The van der Waals surface area contributed by atoms with Gasteiger partial charge < -0.3 is 9.88 Å². The van der Waals surface area contributed by atoms with Crippen molar-refractivity contribution in [2.24, 2.45) is 7.05 Å². The van der Waals surface area contributed by atoms with Crippen LogP contribution in [0.15, 0.2) is 41.0 Å². The van der Waals surface area contributed by atoms with Crippen LogP contribution in [0.1, 0.15) is 6.92 Å². The molecule has 0 spiro atoms. The van der Waals surface area contributed by atoms with Gasteiger partial charge in [0.2, 0.25) is 5.91 Å². The smallest absolute Gasteiger partial charge is 0.269 e. The molecule has 0 aliphatic carbocycles. The highest BCUT2D eigenvalue weighted by atomic mass is 32.2. The lowest BCUT2D eigenvalue weighted by Gasteiger charge is -2.10. The molecule has 2 heterocycles. The van der Waals surface area contributed by atoms with Crippen LogP contribution in [0.5, 0.6) is 0 Å². The van der Waals surface area contributed by atoms with Crippen LogP contribution >= 0.6 is 23.1 Å². The number of aromatic nitrogens is 4. The molecule has 0 radical (unpaired) electrons. The quantitative estimate of drug-likeness (QED) is 0.391. The fraction of sp³-hybridized carbons (Fsp3) is 0.200. The van der Waals surface area contributed by atoms with Crippen LogP contribution in [0.2, 0.25) is 0 Å². The van der Waals surface area contributed by atoms with Crippen molar-refractivity contribution in [3.63, 3.8) is 0 Å². The van der Waals surface area contributed by atoms with E-state index in [1.54, 1.807) is 42.2 Å². The maximum absolute atomic E-state index is 12.2. The molecule has 1 aromatic carbocycles. The summed E-state index contributed by atoms with van der Waals surface area (Å²) in [6.07, 6.45) is 1.62. The molecule has 1 N–H and O–H groups in total. The van der Waals surface area contributed by atoms with Crippen LogP contribution in [0, 0.1) is 10.1 Å². The van der Waals surface area contributed by atoms with Crippen LogP contribution in [0.3, 0.4) is 0 Å². The number of hydrogen-bond donors (Lipinski definition) is 1. The Morgan fingerprint density at radius 2 is 2.08 bits per heavy atom. The Labute approximate surface area is 156 Å². The first-order chi connectivity index (χ1) is 12.5. The number of non-ortho nitro benzene ring substituents is 1. The molecule has 0 fully saturated rings. The van der Waals surface area contributed by atoms with Crippen molar-refractivity contribution in [1.29, 1.82) is 0 Å². The Hall–Kier alpha value is -2.79. The van der Waals surface area contributed by atoms with E-state index in [0.29, 0.717) is 21.7 Å². The van der Waals surface area contributed by atoms with Crippen LogP contribution < -0.4 is 5.32 Å². The molecule has 1 amide bonds. The SMILES string of the molecule is CC(Sc1nnc(-c2ccc([N+](=O)[O-])cc2)n1C)C(=O)Nc1nccs1. The molecule has 0 saturated heterocycles. The lowest BCUT2D eigenvalue weighted by Crippen LogP contribution is -2.22. The summed E-state index contributed by atoms with van der Waals surface area (Å²) in [4.78, 5) is 26.5. The monoisotopic (exact) mass is 390 g/mol. The highest BCUT2D eigenvalue weighted by Gasteiger charge is 2.20. The van der Waals surface area contributed by atoms with Crippen molar-refractivity contribution in [2.45, 2.75) is 17.3 Å². The number of thioether (sulfide) groups is 1. The van der Waals surface area contributed by atoms with Gasteiger partial charge in [-0.3, -0.25) is 14.9 Å². The van der Waals surface area contributed by atoms with Gasteiger partial charge in [0.05, 0.1) is 10.2 Å². The third-order valence-electron chi connectivity index (χ3n) is 3.49. The number of anilines is 1. The van der Waals surface area contributed by atoms with E-state index in [4.69, 9.17) is 0 Å². The molecule has 9 nitrogen and oxygen atoms in total. The molecule has 2 aromatic heterocycles. The molecule has 11 heteroatoms. The number of thiazole rings is 1. The van der Waals surface area contributed by atoms with Crippen molar-refractivity contribution in [2.75, 3.05) is 5.32 Å². The van der Waals surface area contributed by atoms with Crippen molar-refractivity contribution in [1.82, 2.24) is 19.7 Å². The Kier molecular flexibility index (Phi) is 5.28. The van der Waals surface area contributed by atoms with E-state index >= 15 is 0 Å². The third kappa shape index (κ3) is 3.89. The van der Waals surface area contributed by atoms with Crippen LogP contribution in [-0.4, -0.2) is 35.8 Å². The van der Waals surface area contributed by atoms with Crippen LogP contribution in [0.4, 0.5) is 10.8 Å². The Morgan fingerprint density at radius 3 is 2.69 bits per heavy atom.